The topological polar surface area (TPSA) is 0 Å². The fourth-order valence-corrected chi connectivity index (χ4v) is 4.93. The third-order valence-electron chi connectivity index (χ3n) is 6.19. The quantitative estimate of drug-likeness (QED) is 0.613. The fraction of sp³-hybridized carbons (Fsp3) is 1.00. The third kappa shape index (κ3) is 2.42. The minimum atomic E-state index is 0.905. The Bertz CT molecular complexity index is 255. The Morgan fingerprint density at radius 1 is 1.06 bits per heavy atom. The summed E-state index contributed by atoms with van der Waals surface area (Å²) in [5, 5.41) is 0. The van der Waals surface area contributed by atoms with Gasteiger partial charge in [0.15, 0.2) is 0 Å². The van der Waals surface area contributed by atoms with Crippen LogP contribution in [-0.2, 0) is 0 Å². The van der Waals surface area contributed by atoms with Crippen molar-refractivity contribution in [1.29, 1.82) is 0 Å². The monoisotopic (exact) mass is 236 g/mol. The van der Waals surface area contributed by atoms with Gasteiger partial charge in [-0.05, 0) is 60.2 Å². The van der Waals surface area contributed by atoms with Gasteiger partial charge in [-0.25, -0.2) is 0 Å². The second-order valence-corrected chi connectivity index (χ2v) is 7.51. The lowest BCUT2D eigenvalue weighted by atomic mass is 9.58. The molecule has 0 amide bonds. The maximum absolute atomic E-state index is 2.53. The highest BCUT2D eigenvalue weighted by Crippen LogP contribution is 2.56. The Morgan fingerprint density at radius 3 is 2.12 bits per heavy atom. The van der Waals surface area contributed by atoms with Crippen molar-refractivity contribution < 1.29 is 0 Å². The van der Waals surface area contributed by atoms with Gasteiger partial charge in [-0.3, -0.25) is 0 Å². The van der Waals surface area contributed by atoms with Gasteiger partial charge in [0.2, 0.25) is 0 Å². The molecule has 2 rings (SSSR count). The van der Waals surface area contributed by atoms with Gasteiger partial charge in [-0.2, -0.15) is 0 Å². The molecule has 2 fully saturated rings. The van der Waals surface area contributed by atoms with Crippen molar-refractivity contribution in [3.8, 4) is 0 Å². The normalized spacial score (nSPS) is 46.8. The van der Waals surface area contributed by atoms with Gasteiger partial charge in [0.25, 0.3) is 0 Å². The molecule has 0 spiro atoms. The minimum absolute atomic E-state index is 0.905. The van der Waals surface area contributed by atoms with Crippen LogP contribution in [0.25, 0.3) is 0 Å². The van der Waals surface area contributed by atoms with Gasteiger partial charge in [-0.15, -0.1) is 0 Å². The van der Waals surface area contributed by atoms with Crippen LogP contribution in [0, 0.1) is 47.3 Å². The van der Waals surface area contributed by atoms with E-state index in [-0.39, 0.29) is 0 Å². The summed E-state index contributed by atoms with van der Waals surface area (Å²) in [6.45, 7) is 14.7. The first kappa shape index (κ1) is 13.4. The molecule has 0 saturated heterocycles. The summed E-state index contributed by atoms with van der Waals surface area (Å²) in [7, 11) is 0. The molecule has 0 aromatic heterocycles. The lowest BCUT2D eigenvalue weighted by molar-refractivity contribution is 0.0251. The molecule has 7 unspecified atom stereocenters. The molecule has 0 heterocycles. The number of hydrogen-bond donors (Lipinski definition) is 0. The zero-order chi connectivity index (χ0) is 12.7. The zero-order valence-corrected chi connectivity index (χ0v) is 12.7. The van der Waals surface area contributed by atoms with Crippen molar-refractivity contribution in [2.75, 3.05) is 0 Å². The molecule has 2 saturated carbocycles. The maximum atomic E-state index is 2.53. The second-order valence-electron chi connectivity index (χ2n) is 7.51. The van der Waals surface area contributed by atoms with E-state index >= 15 is 0 Å². The van der Waals surface area contributed by atoms with Crippen LogP contribution in [-0.4, -0.2) is 0 Å². The summed E-state index contributed by atoms with van der Waals surface area (Å²) < 4.78 is 0. The Morgan fingerprint density at radius 2 is 1.71 bits per heavy atom. The molecule has 0 aliphatic heterocycles. The van der Waals surface area contributed by atoms with E-state index in [0.29, 0.717) is 0 Å². The molecule has 2 aliphatic rings. The van der Waals surface area contributed by atoms with Gasteiger partial charge < -0.3 is 0 Å². The minimum Gasteiger partial charge on any atom is -0.0651 e. The summed E-state index contributed by atoms with van der Waals surface area (Å²) in [4.78, 5) is 0. The third-order valence-corrected chi connectivity index (χ3v) is 6.19. The van der Waals surface area contributed by atoms with E-state index in [1.165, 1.54) is 19.3 Å². The highest BCUT2D eigenvalue weighted by Gasteiger charge is 2.50. The lowest BCUT2D eigenvalue weighted by Crippen LogP contribution is -2.39. The second kappa shape index (κ2) is 4.94. The molecule has 17 heavy (non-hydrogen) atoms. The van der Waals surface area contributed by atoms with Crippen LogP contribution in [0.15, 0.2) is 0 Å². The van der Waals surface area contributed by atoms with Crippen molar-refractivity contribution in [1.82, 2.24) is 0 Å². The van der Waals surface area contributed by atoms with Gasteiger partial charge in [0.1, 0.15) is 0 Å². The highest BCUT2D eigenvalue weighted by molar-refractivity contribution is 4.98. The molecular weight excluding hydrogens is 204 g/mol. The summed E-state index contributed by atoms with van der Waals surface area (Å²) in [5.41, 5.74) is 0. The molecule has 100 valence electrons. The molecule has 2 aliphatic carbocycles. The van der Waals surface area contributed by atoms with Crippen molar-refractivity contribution in [2.24, 2.45) is 47.3 Å². The smallest absolute Gasteiger partial charge is 0.0329 e. The lowest BCUT2D eigenvalue weighted by Gasteiger charge is -2.47. The molecule has 0 bridgehead atoms. The Kier molecular flexibility index (Phi) is 3.90. The Balaban J connectivity index is 1.84. The van der Waals surface area contributed by atoms with E-state index in [1.54, 1.807) is 0 Å². The van der Waals surface area contributed by atoms with Gasteiger partial charge >= 0.3 is 0 Å². The van der Waals surface area contributed by atoms with Gasteiger partial charge in [0.05, 0.1) is 0 Å². The summed E-state index contributed by atoms with van der Waals surface area (Å²) in [5.74, 6) is 8.07. The van der Waals surface area contributed by atoms with Crippen LogP contribution in [0.3, 0.4) is 0 Å². The van der Waals surface area contributed by atoms with Crippen LogP contribution in [0.2, 0.25) is 0 Å². The average Bonchev–Trinajstić information content (AvgIpc) is 2.92. The van der Waals surface area contributed by atoms with E-state index in [2.05, 4.69) is 41.5 Å². The number of rotatable bonds is 5. The van der Waals surface area contributed by atoms with Crippen LogP contribution in [0.1, 0.15) is 60.8 Å². The largest absolute Gasteiger partial charge is 0.0651 e. The molecule has 0 radical (unpaired) electrons. The molecule has 0 aromatic rings. The SMILES string of the molecule is CCC1C(C)C1C(C)CC1C(C)CC1C(C)C. The van der Waals surface area contributed by atoms with Gasteiger partial charge in [-0.1, -0.05) is 48.0 Å². The number of hydrogen-bond acceptors (Lipinski definition) is 0. The van der Waals surface area contributed by atoms with E-state index in [1.807, 2.05) is 0 Å². The predicted molar refractivity (Wildman–Crippen MR) is 75.8 cm³/mol. The van der Waals surface area contributed by atoms with Crippen LogP contribution >= 0.6 is 0 Å². The first-order valence-corrected chi connectivity index (χ1v) is 7.97. The van der Waals surface area contributed by atoms with Crippen LogP contribution in [0.4, 0.5) is 0 Å². The summed E-state index contributed by atoms with van der Waals surface area (Å²) in [6, 6.07) is 0. The Labute approximate surface area is 109 Å². The molecule has 7 atom stereocenters. The van der Waals surface area contributed by atoms with Crippen LogP contribution < -0.4 is 0 Å². The van der Waals surface area contributed by atoms with Gasteiger partial charge in [0, 0.05) is 0 Å². The average molecular weight is 236 g/mol. The fourth-order valence-electron chi connectivity index (χ4n) is 4.93. The molecular formula is C17H32. The predicted octanol–water partition coefficient (Wildman–Crippen LogP) is 5.23. The van der Waals surface area contributed by atoms with Crippen LogP contribution in [0.5, 0.6) is 0 Å². The molecule has 0 N–H and O–H groups in total. The highest BCUT2D eigenvalue weighted by atomic mass is 14.5. The maximum Gasteiger partial charge on any atom is -0.0329 e. The van der Waals surface area contributed by atoms with Crippen molar-refractivity contribution >= 4 is 0 Å². The summed E-state index contributed by atoms with van der Waals surface area (Å²) in [6.07, 6.45) is 4.41. The van der Waals surface area contributed by atoms with Crippen molar-refractivity contribution in [3.05, 3.63) is 0 Å². The van der Waals surface area contributed by atoms with E-state index in [4.69, 9.17) is 0 Å². The first-order valence-electron chi connectivity index (χ1n) is 7.97. The summed E-state index contributed by atoms with van der Waals surface area (Å²) >= 11 is 0. The molecule has 0 heteroatoms. The van der Waals surface area contributed by atoms with E-state index in [9.17, 15) is 0 Å². The van der Waals surface area contributed by atoms with Crippen molar-refractivity contribution in [3.63, 3.8) is 0 Å². The first-order chi connectivity index (χ1) is 7.97. The zero-order valence-electron chi connectivity index (χ0n) is 12.7. The van der Waals surface area contributed by atoms with E-state index < -0.39 is 0 Å². The Hall–Kier alpha value is 0. The molecule has 0 aromatic carbocycles. The molecule has 0 nitrogen and oxygen atoms in total. The van der Waals surface area contributed by atoms with E-state index in [0.717, 1.165) is 47.3 Å². The van der Waals surface area contributed by atoms with Crippen molar-refractivity contribution in [2.45, 2.75) is 60.8 Å². The standard InChI is InChI=1S/C17H32/c1-7-14-13(6)17(14)12(5)9-16-11(4)8-15(16)10(2)3/h10-17H,7-9H2,1-6H3.